The van der Waals surface area contributed by atoms with Crippen LogP contribution in [0.25, 0.3) is 0 Å². The largest absolute Gasteiger partial charge is 0.756 e. The van der Waals surface area contributed by atoms with Crippen LogP contribution in [-0.4, -0.2) is 398 Å². The predicted octanol–water partition coefficient (Wildman–Crippen LogP) is -4.66. The lowest BCUT2D eigenvalue weighted by Crippen LogP contribution is -2.61. The number of fused-ring (bicyclic) bond motifs is 5. The highest BCUT2D eigenvalue weighted by atomic mass is 31.2. The van der Waals surface area contributed by atoms with Gasteiger partial charge in [-0.3, -0.25) is 52.7 Å². The van der Waals surface area contributed by atoms with Gasteiger partial charge in [0.05, 0.1) is 136 Å². The Morgan fingerprint density at radius 1 is 0.447 bits per heavy atom. The van der Waals surface area contributed by atoms with E-state index in [1.807, 2.05) is 53.5 Å². The lowest BCUT2D eigenvalue weighted by Gasteiger charge is -2.45. The summed E-state index contributed by atoms with van der Waals surface area (Å²) in [5.74, 6) is -11.0. The molecule has 11 rings (SSSR count). The molecule has 0 aromatic heterocycles. The molecule has 6 aliphatic heterocycles. The molecule has 788 valence electrons. The number of nitrogens with one attached hydrogen (secondary N) is 4. The van der Waals surface area contributed by atoms with E-state index in [1.165, 1.54) is 18.2 Å². The van der Waals surface area contributed by atoms with Gasteiger partial charge in [0, 0.05) is 74.9 Å². The van der Waals surface area contributed by atoms with E-state index in [1.54, 1.807) is 4.90 Å². The number of methoxy groups -OCH3 is 4. The van der Waals surface area contributed by atoms with Crippen LogP contribution < -0.4 is 35.8 Å². The molecular formula is C90H130N8O42P-. The van der Waals surface area contributed by atoms with Crippen molar-refractivity contribution in [2.75, 3.05) is 126 Å². The number of unbranched alkanes of at least 4 members (excludes halogenated alkanes) is 5. The number of ether oxygens (including phenoxy) is 15. The second-order valence-electron chi connectivity index (χ2n) is 35.2. The van der Waals surface area contributed by atoms with Gasteiger partial charge in [0.25, 0.3) is 19.6 Å². The average molecular weight is 2030 g/mol. The molecule has 2 aliphatic carbocycles. The molecule has 0 radical (unpaired) electrons. The average Bonchev–Trinajstić information content (AvgIpc) is 1.63. The Morgan fingerprint density at radius 3 is 1.38 bits per heavy atom. The molecular weight excluding hydrogens is 1900 g/mol. The van der Waals surface area contributed by atoms with Crippen molar-refractivity contribution in [3.8, 4) is 5.75 Å². The Kier molecular flexibility index (Phi) is 43.0. The number of aliphatic hydroxyl groups excluding tert-OH is 14. The minimum Gasteiger partial charge on any atom is -0.756 e. The van der Waals surface area contributed by atoms with E-state index in [0.29, 0.717) is 63.7 Å². The highest BCUT2D eigenvalue weighted by Gasteiger charge is 2.55. The standard InChI is InChI=1S/C90H131N8O42P/c1-124-83(118)51-36-56(58(38-53(51)85(120)126-3)135-89-79(114)73(108)69(104)60(41-99)137-89)132-43-62-71(106)75(110)77(112)87(139-62)130-31-26-93-81(116)46-33-47(82(117)94-27-32-131-88-78(113)76(111)72(107)63(140-88)44-133-57-37-52(84(119)125-2)54(86(121)127-4)39-59(57)136-90-80(115)74(109)70(105)61(42-100)138-90)35-48(34-46)129-30-25-92-64(101)21-9-8-15-28-98-68-50-19-12-13-20-55(50)97(40-45-17-10-11-18-49(45)67(68)95-96-98)66(103)23-22-65(102)91-24-14-6-7-16-29-134-141(122,123)128-5/h10-13,17-20,33-35,51-54,56-63,67-80,87-90,99-100,104-115H,6-9,14-16,21-32,36-44H2,1-5H3,(H,91,102)(H,92,101)(H,93,116)(H,94,117)(H,122,123)/p-1/t51?,52?,53-,54-,56-,57-,58?,59?,60?,61?,62?,63?,67?,68?,69+,70+,71+,72+,73-,74-,75-,76-,77?,78?,79?,80?,87-,88-,89-,90+/m0/s1. The summed E-state index contributed by atoms with van der Waals surface area (Å²) in [4.78, 5) is 135. The van der Waals surface area contributed by atoms with E-state index in [9.17, 15) is 124 Å². The molecule has 141 heavy (non-hydrogen) atoms. The second-order valence-corrected chi connectivity index (χ2v) is 36.7. The zero-order valence-electron chi connectivity index (χ0n) is 78.4. The first-order chi connectivity index (χ1) is 67.6. The minimum atomic E-state index is -4.30. The molecule has 2 saturated carbocycles. The van der Waals surface area contributed by atoms with Crippen LogP contribution >= 0.6 is 7.82 Å². The second kappa shape index (κ2) is 53.9. The summed E-state index contributed by atoms with van der Waals surface area (Å²) in [7, 11) is 1.02. The van der Waals surface area contributed by atoms with Gasteiger partial charge in [0.1, 0.15) is 122 Å². The van der Waals surface area contributed by atoms with Crippen molar-refractivity contribution in [1.29, 1.82) is 0 Å². The van der Waals surface area contributed by atoms with Gasteiger partial charge in [-0.05, 0) is 86.8 Å². The molecule has 3 aromatic rings. The molecule has 0 bridgehead atoms. The number of phosphoric acid groups is 1. The maximum atomic E-state index is 14.3. The molecule has 0 spiro atoms. The molecule has 6 heterocycles. The number of aliphatic hydroxyl groups is 14. The molecule has 6 fully saturated rings. The summed E-state index contributed by atoms with van der Waals surface area (Å²) < 4.78 is 105. The van der Waals surface area contributed by atoms with Gasteiger partial charge in [0.2, 0.25) is 17.7 Å². The summed E-state index contributed by atoms with van der Waals surface area (Å²) in [5, 5.41) is 173. The minimum absolute atomic E-state index is 0.0151. The number of carbonyl (C=O) groups is 9. The van der Waals surface area contributed by atoms with Crippen molar-refractivity contribution in [3.05, 3.63) is 94.5 Å². The Labute approximate surface area is 810 Å². The lowest BCUT2D eigenvalue weighted by molar-refractivity contribution is -0.326. The van der Waals surface area contributed by atoms with Crippen molar-refractivity contribution >= 4 is 66.9 Å². The fourth-order valence-corrected chi connectivity index (χ4v) is 18.6. The molecule has 4 saturated heterocycles. The summed E-state index contributed by atoms with van der Waals surface area (Å²) in [6.07, 6.45) is -38.3. The van der Waals surface area contributed by atoms with Crippen molar-refractivity contribution in [2.24, 2.45) is 34.0 Å². The Morgan fingerprint density at radius 2 is 0.879 bits per heavy atom. The fraction of sp³-hybridized carbons (Fsp3) is 0.700. The SMILES string of the molecule is COC(=O)C1C[C@H](OCC2O[C@H](OCCNC(=O)c3cc(OCCNC(=O)CCCCCN4N=NC5c6ccccc6CN(C(=O)CCC(=O)NCCCCCCOP(=O)([O-])OC)c6ccccc6C54)cc(C(=O)NCCO[C@H]4OC(CO[C@H]5CC(C(=O)OC)[C@@H](C(=O)OC)CC5O[C@H]5OC(CO)[C@@H](O)[C@H](O)C5O)[C@@H](O)[C@H](O)C4O)c3)C(O)[C@@H](O)[C@@H]2O)C(O[C@@H]2OC(CO)[C@@H](O)[C@H](O)C2O)C[C@@H]1C(=O)OC. The highest BCUT2D eigenvalue weighted by Crippen LogP contribution is 2.49. The van der Waals surface area contributed by atoms with Crippen molar-refractivity contribution < 1.29 is 204 Å². The van der Waals surface area contributed by atoms with Crippen molar-refractivity contribution in [2.45, 2.75) is 256 Å². The number of carbonyl (C=O) groups excluding carboxylic acids is 9. The third-order valence-electron chi connectivity index (χ3n) is 26.0. The van der Waals surface area contributed by atoms with Crippen LogP contribution in [0.15, 0.2) is 77.1 Å². The van der Waals surface area contributed by atoms with Gasteiger partial charge in [-0.25, -0.2) is 0 Å². The van der Waals surface area contributed by atoms with Crippen LogP contribution in [0.3, 0.4) is 0 Å². The zero-order valence-corrected chi connectivity index (χ0v) is 79.3. The number of rotatable bonds is 48. The Hall–Kier alpha value is -8.76. The normalized spacial score (nSPS) is 32.3. The summed E-state index contributed by atoms with van der Waals surface area (Å²) in [6.45, 7) is -3.96. The maximum absolute atomic E-state index is 14.3. The monoisotopic (exact) mass is 2030 g/mol. The first-order valence-electron chi connectivity index (χ1n) is 46.7. The van der Waals surface area contributed by atoms with E-state index in [0.717, 1.165) is 52.2 Å². The van der Waals surface area contributed by atoms with Crippen LogP contribution in [0.4, 0.5) is 5.69 Å². The van der Waals surface area contributed by atoms with Crippen LogP contribution in [0.2, 0.25) is 0 Å². The molecule has 8 aliphatic rings. The van der Waals surface area contributed by atoms with Gasteiger partial charge in [-0.1, -0.05) is 67.0 Å². The smallest absolute Gasteiger partial charge is 0.309 e. The molecule has 3 aromatic carbocycles. The number of amides is 5. The van der Waals surface area contributed by atoms with Crippen LogP contribution in [0.1, 0.15) is 139 Å². The predicted molar refractivity (Wildman–Crippen MR) is 473 cm³/mol. The third-order valence-corrected chi connectivity index (χ3v) is 27.0. The summed E-state index contributed by atoms with van der Waals surface area (Å²) >= 11 is 0. The number of anilines is 1. The van der Waals surface area contributed by atoms with Gasteiger partial charge < -0.3 is 183 Å². The summed E-state index contributed by atoms with van der Waals surface area (Å²) in [5.41, 5.74) is 2.79. The molecule has 31 atom stereocenters. The van der Waals surface area contributed by atoms with E-state index >= 15 is 0 Å². The molecule has 18 N–H and O–H groups in total. The Balaban J connectivity index is 0.708. The number of para-hydroxylation sites is 1. The van der Waals surface area contributed by atoms with Crippen LogP contribution in [0.5, 0.6) is 5.75 Å². The van der Waals surface area contributed by atoms with Gasteiger partial charge >= 0.3 is 23.9 Å². The molecule has 51 heteroatoms. The topological polar surface area (TPSA) is 713 Å². The number of hydrogen-bond donors (Lipinski definition) is 18. The van der Waals surface area contributed by atoms with Crippen molar-refractivity contribution in [3.63, 3.8) is 0 Å². The number of nitrogens with zero attached hydrogens (tertiary/aromatic N) is 4. The quantitative estimate of drug-likeness (QED) is 0.0109. The first kappa shape index (κ1) is 113. The van der Waals surface area contributed by atoms with Crippen LogP contribution in [-0.2, 0) is 120 Å². The first-order valence-corrected chi connectivity index (χ1v) is 48.2. The van der Waals surface area contributed by atoms with E-state index < -0.39 is 266 Å². The number of benzene rings is 3. The number of phosphoric ester groups is 1. The van der Waals surface area contributed by atoms with E-state index in [2.05, 4.69) is 31.0 Å². The molecule has 5 amide bonds. The van der Waals surface area contributed by atoms with Gasteiger partial charge in [-0.15, -0.1) is 0 Å². The summed E-state index contributed by atoms with van der Waals surface area (Å²) in [6, 6.07) is 18.0. The van der Waals surface area contributed by atoms with Crippen LogP contribution in [0, 0.1) is 23.7 Å². The highest BCUT2D eigenvalue weighted by molar-refractivity contribution is 7.45. The van der Waals surface area contributed by atoms with Crippen molar-refractivity contribution in [1.82, 2.24) is 26.3 Å². The van der Waals surface area contributed by atoms with E-state index in [-0.39, 0.29) is 119 Å². The zero-order chi connectivity index (χ0) is 102. The third kappa shape index (κ3) is 29.4. The molecule has 15 unspecified atom stereocenters. The van der Waals surface area contributed by atoms with Gasteiger partial charge in [-0.2, -0.15) is 5.11 Å². The fourth-order valence-electron chi connectivity index (χ4n) is 18.1. The molecule has 50 nitrogen and oxygen atoms in total. The van der Waals surface area contributed by atoms with Gasteiger partial charge in [0.15, 0.2) is 25.2 Å². The number of esters is 4. The number of hydrogen-bond acceptors (Lipinski definition) is 45. The van der Waals surface area contributed by atoms with E-state index in [4.69, 9.17) is 80.7 Å². The maximum Gasteiger partial charge on any atom is 0.309 e. The Bertz CT molecular complexity index is 4500. The lowest BCUT2D eigenvalue weighted by atomic mass is 9.76.